The Balaban J connectivity index is 2.20. The highest BCUT2D eigenvalue weighted by molar-refractivity contribution is 5.76. The van der Waals surface area contributed by atoms with Crippen molar-refractivity contribution in [3.05, 3.63) is 158 Å². The first-order chi connectivity index (χ1) is 42.8. The second kappa shape index (κ2) is 64.8. The van der Waals surface area contributed by atoms with Gasteiger partial charge in [0.15, 0.2) is 6.29 Å². The van der Waals surface area contributed by atoms with Crippen LogP contribution in [0.3, 0.4) is 0 Å². The summed E-state index contributed by atoms with van der Waals surface area (Å²) in [6, 6.07) is -0.846. The summed E-state index contributed by atoms with van der Waals surface area (Å²) in [5.74, 6) is -0.204. The zero-order valence-corrected chi connectivity index (χ0v) is 55.2. The van der Waals surface area contributed by atoms with Gasteiger partial charge >= 0.3 is 0 Å². The van der Waals surface area contributed by atoms with Crippen molar-refractivity contribution < 1.29 is 39.8 Å². The Bertz CT molecular complexity index is 1930. The van der Waals surface area contributed by atoms with Crippen LogP contribution in [0.15, 0.2) is 158 Å². The monoisotopic (exact) mass is 1210 g/mol. The van der Waals surface area contributed by atoms with Crippen LogP contribution in [0.5, 0.6) is 0 Å². The summed E-state index contributed by atoms with van der Waals surface area (Å²) in [5.41, 5.74) is 0. The van der Waals surface area contributed by atoms with Crippen molar-refractivity contribution >= 4 is 5.91 Å². The molecule has 0 aliphatic carbocycles. The number of carbonyl (C=O) groups excluding carboxylic acids is 1. The maximum absolute atomic E-state index is 13.1. The first kappa shape index (κ1) is 80.8. The summed E-state index contributed by atoms with van der Waals surface area (Å²) in [5, 5.41) is 54.7. The minimum atomic E-state index is -1.59. The molecule has 1 saturated heterocycles. The van der Waals surface area contributed by atoms with Crippen LogP contribution in [0.2, 0.25) is 0 Å². The Labute approximate surface area is 533 Å². The summed E-state index contributed by atoms with van der Waals surface area (Å²) in [6.45, 7) is 3.65. The molecule has 9 heteroatoms. The lowest BCUT2D eigenvalue weighted by atomic mass is 9.99. The number of carbonyl (C=O) groups is 1. The van der Waals surface area contributed by atoms with Crippen LogP contribution >= 0.6 is 0 Å². The number of aliphatic hydroxyl groups is 5. The van der Waals surface area contributed by atoms with Gasteiger partial charge in [0.1, 0.15) is 24.4 Å². The van der Waals surface area contributed by atoms with Gasteiger partial charge in [0.25, 0.3) is 0 Å². The third kappa shape index (κ3) is 53.4. The highest BCUT2D eigenvalue weighted by atomic mass is 16.7. The van der Waals surface area contributed by atoms with E-state index in [-0.39, 0.29) is 12.5 Å². The Kier molecular flexibility index (Phi) is 60.2. The first-order valence-electron chi connectivity index (χ1n) is 35.2. The van der Waals surface area contributed by atoms with Crippen LogP contribution in [0.4, 0.5) is 0 Å². The van der Waals surface area contributed by atoms with E-state index in [4.69, 9.17) is 9.47 Å². The third-order valence-corrected chi connectivity index (χ3v) is 15.6. The number of aliphatic hydroxyl groups excluding tert-OH is 5. The molecule has 1 rings (SSSR count). The molecule has 1 aliphatic rings. The molecule has 1 heterocycles. The van der Waals surface area contributed by atoms with Crippen molar-refractivity contribution in [1.82, 2.24) is 5.32 Å². The smallest absolute Gasteiger partial charge is 0.220 e. The third-order valence-electron chi connectivity index (χ3n) is 15.6. The highest BCUT2D eigenvalue weighted by Gasteiger charge is 2.44. The Morgan fingerprint density at radius 2 is 0.724 bits per heavy atom. The van der Waals surface area contributed by atoms with Gasteiger partial charge in [-0.15, -0.1) is 0 Å². The van der Waals surface area contributed by atoms with Gasteiger partial charge in [0.05, 0.1) is 25.4 Å². The highest BCUT2D eigenvalue weighted by Crippen LogP contribution is 2.23. The number of rotatable bonds is 59. The Hall–Kier alpha value is -4.19. The van der Waals surface area contributed by atoms with Crippen molar-refractivity contribution in [1.29, 1.82) is 0 Å². The number of amides is 1. The first-order valence-corrected chi connectivity index (χ1v) is 35.2. The van der Waals surface area contributed by atoms with Gasteiger partial charge in [-0.05, 0) is 122 Å². The molecule has 9 nitrogen and oxygen atoms in total. The molecule has 87 heavy (non-hydrogen) atoms. The van der Waals surface area contributed by atoms with Gasteiger partial charge in [-0.3, -0.25) is 4.79 Å². The lowest BCUT2D eigenvalue weighted by Crippen LogP contribution is -2.60. The van der Waals surface area contributed by atoms with Crippen molar-refractivity contribution in [2.45, 2.75) is 314 Å². The maximum atomic E-state index is 13.1. The zero-order valence-electron chi connectivity index (χ0n) is 55.2. The number of hydrogen-bond donors (Lipinski definition) is 6. The maximum Gasteiger partial charge on any atom is 0.220 e. The topological polar surface area (TPSA) is 149 Å². The minimum Gasteiger partial charge on any atom is -0.394 e. The fourth-order valence-corrected chi connectivity index (χ4v) is 10.1. The minimum absolute atomic E-state index is 0.204. The summed E-state index contributed by atoms with van der Waals surface area (Å²) in [7, 11) is 0. The van der Waals surface area contributed by atoms with Crippen LogP contribution in [-0.2, 0) is 14.3 Å². The summed E-state index contributed by atoms with van der Waals surface area (Å²) >= 11 is 0. The lowest BCUT2D eigenvalue weighted by Gasteiger charge is -2.40. The largest absolute Gasteiger partial charge is 0.394 e. The molecule has 0 bridgehead atoms. The van der Waals surface area contributed by atoms with Gasteiger partial charge in [0.2, 0.25) is 5.91 Å². The molecule has 1 amide bonds. The van der Waals surface area contributed by atoms with E-state index in [0.29, 0.717) is 6.42 Å². The molecule has 7 atom stereocenters. The van der Waals surface area contributed by atoms with Crippen LogP contribution < -0.4 is 5.32 Å². The zero-order chi connectivity index (χ0) is 62.8. The summed E-state index contributed by atoms with van der Waals surface area (Å²) in [4.78, 5) is 13.1. The second-order valence-electron chi connectivity index (χ2n) is 23.6. The molecular formula is C78H129NO8. The molecule has 494 valence electrons. The molecule has 0 aromatic carbocycles. The predicted molar refractivity (Wildman–Crippen MR) is 373 cm³/mol. The van der Waals surface area contributed by atoms with Crippen molar-refractivity contribution in [2.24, 2.45) is 0 Å². The van der Waals surface area contributed by atoms with E-state index in [1.807, 2.05) is 6.08 Å². The molecule has 7 unspecified atom stereocenters. The average Bonchev–Trinajstić information content (AvgIpc) is 3.38. The second-order valence-corrected chi connectivity index (χ2v) is 23.6. The Morgan fingerprint density at radius 3 is 1.10 bits per heavy atom. The molecule has 0 aromatic heterocycles. The van der Waals surface area contributed by atoms with Crippen LogP contribution in [-0.4, -0.2) is 87.5 Å². The van der Waals surface area contributed by atoms with Crippen molar-refractivity contribution in [3.8, 4) is 0 Å². The fourth-order valence-electron chi connectivity index (χ4n) is 10.1. The van der Waals surface area contributed by atoms with Gasteiger partial charge in [-0.25, -0.2) is 0 Å². The number of allylic oxidation sites excluding steroid dienone is 25. The van der Waals surface area contributed by atoms with E-state index < -0.39 is 49.5 Å². The average molecular weight is 1210 g/mol. The standard InChI is InChI=1S/C78H129NO8/c1-3-5-7-9-11-13-15-17-19-21-23-25-27-29-30-31-32-33-34-35-36-37-38-39-40-41-42-44-46-48-50-52-54-56-58-60-62-64-66-68-74(82)79-71(70-86-78-77(85)76(84)75(83)73(69-80)87-78)72(81)67-65-63-61-59-57-55-53-51-49-47-45-43-28-26-24-22-20-18-16-14-12-10-8-6-4-2/h5,7,11,13,17,19,23,25,29-30,32-33,35-36,38-39,41-42,46,48-49,51,57,59,65,67,71-73,75-78,80-81,83-85H,3-4,6,8-10,12,14-16,18,20-22,24,26-28,31,34,37,40,43-45,47,50,52-56,58,60-64,66,68-70H2,1-2H3,(H,79,82)/b7-5-,13-11-,19-17-,25-23-,30-29-,33-32-,36-35-,39-38-,42-41-,48-46-,51-49+,59-57+,67-65+. The van der Waals surface area contributed by atoms with Crippen molar-refractivity contribution in [3.63, 3.8) is 0 Å². The quantitative estimate of drug-likeness (QED) is 0.0261. The predicted octanol–water partition coefficient (Wildman–Crippen LogP) is 19.5. The number of ether oxygens (including phenoxy) is 2. The number of unbranched alkanes of at least 4 members (excludes halogenated alkanes) is 25. The van der Waals surface area contributed by atoms with E-state index in [2.05, 4.69) is 165 Å². The SMILES string of the molecule is CC/C=C\C/C=C\C/C=C\C/C=C\C/C=C\C/C=C\C/C=C\C/C=C\C/C=C\C/C=C\CCCCCCCCCCC(=O)NC(COC1OC(CO)C(O)C(O)C1O)C(O)/C=C/CC/C=C/CC/C=C/CCCCCCCCCCCCCCCCC. The van der Waals surface area contributed by atoms with Crippen LogP contribution in [0.1, 0.15) is 271 Å². The summed E-state index contributed by atoms with van der Waals surface area (Å²) in [6.07, 6.45) is 94.8. The molecule has 0 radical (unpaired) electrons. The molecule has 0 saturated carbocycles. The van der Waals surface area contributed by atoms with Gasteiger partial charge in [-0.1, -0.05) is 300 Å². The molecule has 6 N–H and O–H groups in total. The summed E-state index contributed by atoms with van der Waals surface area (Å²) < 4.78 is 11.3. The fraction of sp³-hybridized carbons (Fsp3) is 0.654. The van der Waals surface area contributed by atoms with Gasteiger partial charge in [-0.2, -0.15) is 0 Å². The van der Waals surface area contributed by atoms with E-state index in [1.54, 1.807) is 6.08 Å². The van der Waals surface area contributed by atoms with Crippen LogP contribution in [0.25, 0.3) is 0 Å². The number of hydrogen-bond acceptors (Lipinski definition) is 8. The van der Waals surface area contributed by atoms with E-state index in [1.165, 1.54) is 122 Å². The molecule has 1 aliphatic heterocycles. The van der Waals surface area contributed by atoms with E-state index >= 15 is 0 Å². The van der Waals surface area contributed by atoms with Gasteiger partial charge < -0.3 is 40.3 Å². The molecular weight excluding hydrogens is 1080 g/mol. The lowest BCUT2D eigenvalue weighted by molar-refractivity contribution is -0.302. The van der Waals surface area contributed by atoms with Crippen molar-refractivity contribution in [2.75, 3.05) is 13.2 Å². The van der Waals surface area contributed by atoms with Gasteiger partial charge in [0, 0.05) is 6.42 Å². The van der Waals surface area contributed by atoms with Crippen LogP contribution in [0, 0.1) is 0 Å². The van der Waals surface area contributed by atoms with E-state index in [9.17, 15) is 30.3 Å². The molecule has 0 spiro atoms. The number of nitrogens with one attached hydrogen (secondary N) is 1. The normalized spacial score (nSPS) is 19.0. The molecule has 1 fully saturated rings. The Morgan fingerprint density at radius 1 is 0.402 bits per heavy atom. The molecule has 0 aromatic rings. The van der Waals surface area contributed by atoms with E-state index in [0.717, 1.165) is 128 Å².